The van der Waals surface area contributed by atoms with Crippen LogP contribution < -0.4 is 14.4 Å². The number of ether oxygens (including phenoxy) is 1. The molecule has 0 aromatic heterocycles. The molecule has 1 unspecified atom stereocenters. The molecule has 1 N–H and O–H groups in total. The third-order valence-electron chi connectivity index (χ3n) is 7.32. The van der Waals surface area contributed by atoms with Crippen molar-refractivity contribution in [1.29, 1.82) is 0 Å². The van der Waals surface area contributed by atoms with Crippen LogP contribution in [-0.4, -0.2) is 56.8 Å². The normalized spacial score (nSPS) is 11.7. The maximum atomic E-state index is 14.3. The second kappa shape index (κ2) is 14.5. The minimum absolute atomic E-state index is 0.0249. The van der Waals surface area contributed by atoms with Gasteiger partial charge in [-0.25, -0.2) is 8.42 Å². The number of nitro groups is 1. The van der Waals surface area contributed by atoms with Crippen LogP contribution in [0.15, 0.2) is 108 Å². The molecule has 0 fully saturated rings. The van der Waals surface area contributed by atoms with Crippen LogP contribution in [-0.2, 0) is 32.6 Å². The molecule has 12 heteroatoms. The number of methoxy groups -OCH3 is 1. The van der Waals surface area contributed by atoms with Crippen LogP contribution in [0.4, 0.5) is 11.4 Å². The lowest BCUT2D eigenvalue weighted by atomic mass is 10.0. The first-order valence-electron chi connectivity index (χ1n) is 14.1. The minimum Gasteiger partial charge on any atom is -0.497 e. The van der Waals surface area contributed by atoms with Gasteiger partial charge in [-0.15, -0.1) is 0 Å². The van der Waals surface area contributed by atoms with Gasteiger partial charge in [-0.1, -0.05) is 66.7 Å². The van der Waals surface area contributed by atoms with E-state index in [-0.39, 0.29) is 34.8 Å². The number of hydrogen-bond acceptors (Lipinski definition) is 7. The predicted molar refractivity (Wildman–Crippen MR) is 170 cm³/mol. The lowest BCUT2D eigenvalue weighted by molar-refractivity contribution is -0.385. The van der Waals surface area contributed by atoms with Crippen molar-refractivity contribution in [3.8, 4) is 5.75 Å². The Morgan fingerprint density at radius 2 is 1.51 bits per heavy atom. The highest BCUT2D eigenvalue weighted by Gasteiger charge is 2.35. The van der Waals surface area contributed by atoms with E-state index in [1.165, 1.54) is 50.2 Å². The molecule has 0 heterocycles. The highest BCUT2D eigenvalue weighted by molar-refractivity contribution is 7.92. The summed E-state index contributed by atoms with van der Waals surface area (Å²) in [7, 11) is -1.58. The van der Waals surface area contributed by atoms with E-state index in [9.17, 15) is 28.1 Å². The van der Waals surface area contributed by atoms with Gasteiger partial charge in [0.1, 0.15) is 18.3 Å². The first kappa shape index (κ1) is 32.7. The van der Waals surface area contributed by atoms with Crippen LogP contribution in [0.2, 0.25) is 0 Å². The fourth-order valence-corrected chi connectivity index (χ4v) is 6.29. The van der Waals surface area contributed by atoms with Crippen molar-refractivity contribution in [2.75, 3.05) is 25.0 Å². The second-order valence-electron chi connectivity index (χ2n) is 10.2. The van der Waals surface area contributed by atoms with Gasteiger partial charge in [-0.2, -0.15) is 0 Å². The molecule has 1 atom stereocenters. The molecule has 4 aromatic carbocycles. The van der Waals surface area contributed by atoms with Gasteiger partial charge in [0.05, 0.1) is 22.6 Å². The van der Waals surface area contributed by atoms with Gasteiger partial charge in [-0.05, 0) is 48.4 Å². The maximum Gasteiger partial charge on any atom is 0.273 e. The number of benzene rings is 4. The van der Waals surface area contributed by atoms with Gasteiger partial charge in [0, 0.05) is 31.6 Å². The molecule has 0 saturated carbocycles. The molecule has 0 aliphatic carbocycles. The smallest absolute Gasteiger partial charge is 0.273 e. The largest absolute Gasteiger partial charge is 0.497 e. The van der Waals surface area contributed by atoms with Crippen molar-refractivity contribution in [2.45, 2.75) is 30.8 Å². The highest BCUT2D eigenvalue weighted by atomic mass is 32.2. The number of nitro benzene ring substituents is 1. The molecule has 0 saturated heterocycles. The summed E-state index contributed by atoms with van der Waals surface area (Å²) in [6, 6.07) is 26.9. The van der Waals surface area contributed by atoms with Crippen LogP contribution in [0.3, 0.4) is 0 Å². The first-order chi connectivity index (χ1) is 21.5. The molecule has 45 heavy (non-hydrogen) atoms. The Labute approximate surface area is 262 Å². The summed E-state index contributed by atoms with van der Waals surface area (Å²) in [5.41, 5.74) is 1.59. The van der Waals surface area contributed by atoms with Crippen LogP contribution in [0.5, 0.6) is 5.75 Å². The third-order valence-corrected chi connectivity index (χ3v) is 9.09. The molecule has 0 aliphatic rings. The van der Waals surface area contributed by atoms with Gasteiger partial charge in [0.2, 0.25) is 11.8 Å². The van der Waals surface area contributed by atoms with Gasteiger partial charge in [-0.3, -0.25) is 24.0 Å². The standard InChI is InChI=1S/C33H34N4O7S/c1-24-14-19-29(21-30(24)37(40)41)45(42,43)36(27-15-17-28(44-3)18-16-27)23-32(38)35(22-26-12-8-5-9-13-26)31(33(39)34-2)20-25-10-6-4-7-11-25/h4-19,21,31H,20,22-23H2,1-3H3,(H,34,39). The Bertz CT molecular complexity index is 1750. The zero-order valence-electron chi connectivity index (χ0n) is 25.1. The Kier molecular flexibility index (Phi) is 10.5. The van der Waals surface area contributed by atoms with Crippen molar-refractivity contribution in [1.82, 2.24) is 10.2 Å². The minimum atomic E-state index is -4.52. The molecule has 11 nitrogen and oxygen atoms in total. The van der Waals surface area contributed by atoms with E-state index < -0.39 is 39.3 Å². The monoisotopic (exact) mass is 630 g/mol. The van der Waals surface area contributed by atoms with E-state index in [0.29, 0.717) is 5.75 Å². The summed E-state index contributed by atoms with van der Waals surface area (Å²) in [6.07, 6.45) is 0.179. The fraction of sp³-hybridized carbons (Fsp3) is 0.212. The van der Waals surface area contributed by atoms with E-state index in [1.807, 2.05) is 60.7 Å². The maximum absolute atomic E-state index is 14.3. The molecular weight excluding hydrogens is 596 g/mol. The molecule has 4 aromatic rings. The lowest BCUT2D eigenvalue weighted by Gasteiger charge is -2.33. The number of anilines is 1. The second-order valence-corrected chi connectivity index (χ2v) is 12.1. The van der Waals surface area contributed by atoms with Crippen molar-refractivity contribution in [3.05, 3.63) is 130 Å². The summed E-state index contributed by atoms with van der Waals surface area (Å²) in [4.78, 5) is 39.6. The number of amides is 2. The van der Waals surface area contributed by atoms with Crippen molar-refractivity contribution >= 4 is 33.2 Å². The topological polar surface area (TPSA) is 139 Å². The van der Waals surface area contributed by atoms with E-state index in [4.69, 9.17) is 4.74 Å². The lowest BCUT2D eigenvalue weighted by Crippen LogP contribution is -2.53. The molecule has 0 aliphatic heterocycles. The Morgan fingerprint density at radius 1 is 0.911 bits per heavy atom. The number of carbonyl (C=O) groups is 2. The molecule has 0 radical (unpaired) electrons. The number of sulfonamides is 1. The molecule has 2 amide bonds. The zero-order chi connectivity index (χ0) is 32.6. The van der Waals surface area contributed by atoms with Gasteiger partial charge >= 0.3 is 0 Å². The van der Waals surface area contributed by atoms with E-state index in [2.05, 4.69) is 5.32 Å². The summed E-state index contributed by atoms with van der Waals surface area (Å²) in [5, 5.41) is 14.3. The molecule has 0 bridgehead atoms. The number of aryl methyl sites for hydroxylation is 1. The Balaban J connectivity index is 1.81. The third kappa shape index (κ3) is 7.84. The fourth-order valence-electron chi connectivity index (χ4n) is 4.85. The number of carbonyl (C=O) groups excluding carboxylic acids is 2. The van der Waals surface area contributed by atoms with Crippen LogP contribution in [0.1, 0.15) is 16.7 Å². The van der Waals surface area contributed by atoms with E-state index >= 15 is 0 Å². The molecule has 0 spiro atoms. The van der Waals surface area contributed by atoms with Gasteiger partial charge in [0.25, 0.3) is 15.7 Å². The average molecular weight is 631 g/mol. The van der Waals surface area contributed by atoms with Gasteiger partial charge in [0.15, 0.2) is 0 Å². The predicted octanol–water partition coefficient (Wildman–Crippen LogP) is 4.49. The van der Waals surface area contributed by atoms with E-state index in [1.54, 1.807) is 12.1 Å². The summed E-state index contributed by atoms with van der Waals surface area (Å²) >= 11 is 0. The number of rotatable bonds is 13. The van der Waals surface area contributed by atoms with Crippen LogP contribution >= 0.6 is 0 Å². The van der Waals surface area contributed by atoms with Crippen molar-refractivity contribution in [3.63, 3.8) is 0 Å². The Hall–Kier alpha value is -5.23. The first-order valence-corrected chi connectivity index (χ1v) is 15.5. The quantitative estimate of drug-likeness (QED) is 0.170. The SMILES string of the molecule is CNC(=O)C(Cc1ccccc1)N(Cc1ccccc1)C(=O)CN(c1ccc(OC)cc1)S(=O)(=O)c1ccc(C)c([N+](=O)[O-])c1. The average Bonchev–Trinajstić information content (AvgIpc) is 3.05. The summed E-state index contributed by atoms with van der Waals surface area (Å²) < 4.78 is 34.4. The summed E-state index contributed by atoms with van der Waals surface area (Å²) in [6.45, 7) is 0.842. The number of nitrogens with zero attached hydrogens (tertiary/aromatic N) is 3. The number of nitrogens with one attached hydrogen (secondary N) is 1. The van der Waals surface area contributed by atoms with Crippen LogP contribution in [0.25, 0.3) is 0 Å². The van der Waals surface area contributed by atoms with Crippen molar-refractivity contribution < 1.29 is 27.7 Å². The molecule has 234 valence electrons. The van der Waals surface area contributed by atoms with Crippen molar-refractivity contribution in [2.24, 2.45) is 0 Å². The molecule has 4 rings (SSSR count). The number of likely N-dealkylation sites (N-methyl/N-ethyl adjacent to an activating group) is 1. The zero-order valence-corrected chi connectivity index (χ0v) is 25.9. The summed E-state index contributed by atoms with van der Waals surface area (Å²) in [5.74, 6) is -0.609. The Morgan fingerprint density at radius 3 is 2.07 bits per heavy atom. The van der Waals surface area contributed by atoms with E-state index in [0.717, 1.165) is 21.5 Å². The molecular formula is C33H34N4O7S. The number of hydrogen-bond donors (Lipinski definition) is 1. The van der Waals surface area contributed by atoms with Gasteiger partial charge < -0.3 is 15.0 Å². The highest BCUT2D eigenvalue weighted by Crippen LogP contribution is 2.29. The van der Waals surface area contributed by atoms with Crippen LogP contribution in [0, 0.1) is 17.0 Å².